The van der Waals surface area contributed by atoms with E-state index in [1.165, 1.54) is 4.88 Å². The molecule has 8 heteroatoms. The number of methoxy groups -OCH3 is 2. The van der Waals surface area contributed by atoms with Gasteiger partial charge in [0.1, 0.15) is 22.1 Å². The predicted molar refractivity (Wildman–Crippen MR) is 99.7 cm³/mol. The summed E-state index contributed by atoms with van der Waals surface area (Å²) in [5.41, 5.74) is 1.80. The molecule has 0 bridgehead atoms. The van der Waals surface area contributed by atoms with Crippen LogP contribution in [0.2, 0.25) is 10.3 Å². The zero-order valence-corrected chi connectivity index (χ0v) is 15.9. The SMILES string of the molecule is COc1cc(Nc2nc(Cl)nc3sc(C)c(C)c23)c(OC)cc1Cl. The van der Waals surface area contributed by atoms with Gasteiger partial charge in [0.2, 0.25) is 5.28 Å². The molecule has 0 saturated carbocycles. The molecule has 0 aliphatic heterocycles. The number of hydrogen-bond acceptors (Lipinski definition) is 6. The quantitative estimate of drug-likeness (QED) is 0.613. The van der Waals surface area contributed by atoms with Gasteiger partial charge < -0.3 is 14.8 Å². The average Bonchev–Trinajstić information content (AvgIpc) is 2.82. The van der Waals surface area contributed by atoms with Crippen LogP contribution in [0.5, 0.6) is 11.5 Å². The highest BCUT2D eigenvalue weighted by atomic mass is 35.5. The minimum absolute atomic E-state index is 0.186. The number of halogens is 2. The molecule has 3 rings (SSSR count). The molecule has 126 valence electrons. The summed E-state index contributed by atoms with van der Waals surface area (Å²) >= 11 is 13.8. The molecule has 2 aromatic heterocycles. The van der Waals surface area contributed by atoms with Gasteiger partial charge in [-0.1, -0.05) is 11.6 Å². The molecule has 0 atom stereocenters. The van der Waals surface area contributed by atoms with Crippen LogP contribution in [0.15, 0.2) is 12.1 Å². The van der Waals surface area contributed by atoms with Crippen molar-refractivity contribution >= 4 is 56.3 Å². The summed E-state index contributed by atoms with van der Waals surface area (Å²) in [6, 6.07) is 3.45. The van der Waals surface area contributed by atoms with Gasteiger partial charge in [0, 0.05) is 17.0 Å². The van der Waals surface area contributed by atoms with Gasteiger partial charge in [-0.25, -0.2) is 4.98 Å². The molecule has 2 heterocycles. The number of benzene rings is 1. The molecular weight excluding hydrogens is 369 g/mol. The van der Waals surface area contributed by atoms with Crippen LogP contribution in [-0.2, 0) is 0 Å². The van der Waals surface area contributed by atoms with Crippen LogP contribution in [-0.4, -0.2) is 24.2 Å². The van der Waals surface area contributed by atoms with Gasteiger partial charge in [0.15, 0.2) is 0 Å². The number of nitrogens with one attached hydrogen (secondary N) is 1. The molecule has 1 aromatic carbocycles. The molecule has 3 aromatic rings. The molecule has 0 fully saturated rings. The number of ether oxygens (including phenoxy) is 2. The van der Waals surface area contributed by atoms with Crippen molar-refractivity contribution in [2.75, 3.05) is 19.5 Å². The molecule has 0 aliphatic carbocycles. The third kappa shape index (κ3) is 2.97. The maximum Gasteiger partial charge on any atom is 0.225 e. The summed E-state index contributed by atoms with van der Waals surface area (Å²) in [5, 5.41) is 4.87. The highest BCUT2D eigenvalue weighted by molar-refractivity contribution is 7.18. The Bertz CT molecular complexity index is 928. The van der Waals surface area contributed by atoms with Crippen molar-refractivity contribution < 1.29 is 9.47 Å². The van der Waals surface area contributed by atoms with Gasteiger partial charge in [0.05, 0.1) is 30.3 Å². The zero-order chi connectivity index (χ0) is 17.4. The number of hydrogen-bond donors (Lipinski definition) is 1. The number of thiophene rings is 1. The fraction of sp³-hybridized carbons (Fsp3) is 0.250. The highest BCUT2D eigenvalue weighted by Gasteiger charge is 2.17. The fourth-order valence-electron chi connectivity index (χ4n) is 2.40. The van der Waals surface area contributed by atoms with Crippen molar-refractivity contribution in [1.82, 2.24) is 9.97 Å². The summed E-state index contributed by atoms with van der Waals surface area (Å²) in [5.74, 6) is 1.73. The lowest BCUT2D eigenvalue weighted by atomic mass is 10.2. The number of nitrogens with zero attached hydrogens (tertiary/aromatic N) is 2. The van der Waals surface area contributed by atoms with E-state index in [0.29, 0.717) is 28.0 Å². The van der Waals surface area contributed by atoms with Crippen molar-refractivity contribution in [3.63, 3.8) is 0 Å². The number of fused-ring (bicyclic) bond motifs is 1. The van der Waals surface area contributed by atoms with Crippen LogP contribution in [0, 0.1) is 13.8 Å². The number of aromatic nitrogens is 2. The molecule has 24 heavy (non-hydrogen) atoms. The Kier molecular flexibility index (Phi) is 4.71. The van der Waals surface area contributed by atoms with E-state index in [-0.39, 0.29) is 5.28 Å². The van der Waals surface area contributed by atoms with Gasteiger partial charge in [-0.2, -0.15) is 4.98 Å². The normalized spacial score (nSPS) is 10.9. The van der Waals surface area contributed by atoms with E-state index >= 15 is 0 Å². The van der Waals surface area contributed by atoms with Gasteiger partial charge in [-0.3, -0.25) is 0 Å². The van der Waals surface area contributed by atoms with Crippen LogP contribution in [0.1, 0.15) is 10.4 Å². The van der Waals surface area contributed by atoms with Gasteiger partial charge in [-0.15, -0.1) is 11.3 Å². The lowest BCUT2D eigenvalue weighted by molar-refractivity contribution is 0.405. The standard InChI is InChI=1S/C16H15Cl2N3O2S/c1-7-8(2)24-15-13(7)14(20-16(18)21-15)19-10-6-11(22-3)9(17)5-12(10)23-4/h5-6H,1-4H3,(H,19,20,21). The van der Waals surface area contributed by atoms with Crippen molar-refractivity contribution in [1.29, 1.82) is 0 Å². The van der Waals surface area contributed by atoms with E-state index in [1.807, 2.05) is 13.8 Å². The van der Waals surface area contributed by atoms with Gasteiger partial charge in [-0.05, 0) is 31.0 Å². The summed E-state index contributed by atoms with van der Waals surface area (Å²) < 4.78 is 10.7. The molecule has 0 unspecified atom stereocenters. The van der Waals surface area contributed by atoms with Gasteiger partial charge in [0.25, 0.3) is 0 Å². The first-order valence-corrected chi connectivity index (χ1v) is 8.63. The first kappa shape index (κ1) is 17.1. The minimum Gasteiger partial charge on any atom is -0.495 e. The topological polar surface area (TPSA) is 56.3 Å². The van der Waals surface area contributed by atoms with E-state index in [2.05, 4.69) is 15.3 Å². The fourth-order valence-corrected chi connectivity index (χ4v) is 3.88. The lowest BCUT2D eigenvalue weighted by Crippen LogP contribution is -2.00. The Balaban J connectivity index is 2.17. The van der Waals surface area contributed by atoms with Crippen molar-refractivity contribution in [3.8, 4) is 11.5 Å². The molecule has 0 aliphatic rings. The molecule has 0 radical (unpaired) electrons. The van der Waals surface area contributed by atoms with Crippen molar-refractivity contribution in [3.05, 3.63) is 32.9 Å². The third-order valence-electron chi connectivity index (χ3n) is 3.73. The number of aryl methyl sites for hydroxylation is 2. The Morgan fingerprint density at radius 3 is 2.42 bits per heavy atom. The molecular formula is C16H15Cl2N3O2S. The molecule has 5 nitrogen and oxygen atoms in total. The summed E-state index contributed by atoms with van der Waals surface area (Å²) in [4.78, 5) is 10.7. The van der Waals surface area contributed by atoms with Crippen LogP contribution < -0.4 is 14.8 Å². The first-order valence-electron chi connectivity index (χ1n) is 7.06. The molecule has 0 saturated heterocycles. The second-order valence-corrected chi connectivity index (χ2v) is 7.07. The predicted octanol–water partition coefficient (Wildman–Crippen LogP) is 5.38. The monoisotopic (exact) mass is 383 g/mol. The summed E-state index contributed by atoms with van der Waals surface area (Å²) in [6.45, 7) is 4.08. The molecule has 0 spiro atoms. The van der Waals surface area contributed by atoms with Crippen LogP contribution in [0.4, 0.5) is 11.5 Å². The Morgan fingerprint density at radius 2 is 1.75 bits per heavy atom. The summed E-state index contributed by atoms with van der Waals surface area (Å²) in [7, 11) is 3.13. The lowest BCUT2D eigenvalue weighted by Gasteiger charge is -2.14. The maximum atomic E-state index is 6.15. The first-order chi connectivity index (χ1) is 11.4. The minimum atomic E-state index is 0.186. The second-order valence-electron chi connectivity index (χ2n) is 5.12. The second kappa shape index (κ2) is 6.63. The maximum absolute atomic E-state index is 6.15. The van der Waals surface area contributed by atoms with Crippen LogP contribution >= 0.6 is 34.5 Å². The Hall–Kier alpha value is -1.76. The van der Waals surface area contributed by atoms with Crippen LogP contribution in [0.3, 0.4) is 0 Å². The average molecular weight is 384 g/mol. The molecule has 1 N–H and O–H groups in total. The third-order valence-corrected chi connectivity index (χ3v) is 5.29. The number of rotatable bonds is 4. The smallest absolute Gasteiger partial charge is 0.225 e. The van der Waals surface area contributed by atoms with E-state index < -0.39 is 0 Å². The van der Waals surface area contributed by atoms with Crippen molar-refractivity contribution in [2.24, 2.45) is 0 Å². The Labute approximate surface area is 153 Å². The highest BCUT2D eigenvalue weighted by Crippen LogP contribution is 2.40. The van der Waals surface area contributed by atoms with Gasteiger partial charge >= 0.3 is 0 Å². The van der Waals surface area contributed by atoms with Crippen LogP contribution in [0.25, 0.3) is 10.2 Å². The Morgan fingerprint density at radius 1 is 1.04 bits per heavy atom. The largest absolute Gasteiger partial charge is 0.495 e. The summed E-state index contributed by atoms with van der Waals surface area (Å²) in [6.07, 6.45) is 0. The zero-order valence-electron chi connectivity index (χ0n) is 13.5. The van der Waals surface area contributed by atoms with E-state index in [4.69, 9.17) is 32.7 Å². The van der Waals surface area contributed by atoms with E-state index in [0.717, 1.165) is 15.8 Å². The van der Waals surface area contributed by atoms with E-state index in [9.17, 15) is 0 Å². The molecule has 0 amide bonds. The van der Waals surface area contributed by atoms with Crippen molar-refractivity contribution in [2.45, 2.75) is 13.8 Å². The van der Waals surface area contributed by atoms with E-state index in [1.54, 1.807) is 37.7 Å². The number of anilines is 2.